The number of aromatic nitrogens is 2. The van der Waals surface area contributed by atoms with Gasteiger partial charge in [0.1, 0.15) is 9.88 Å². The first-order valence-electron chi connectivity index (χ1n) is 9.59. The minimum atomic E-state index is -0.125. The van der Waals surface area contributed by atoms with Crippen LogP contribution in [-0.2, 0) is 0 Å². The molecular formula is C22H24N4OS. The van der Waals surface area contributed by atoms with Crippen molar-refractivity contribution in [1.29, 1.82) is 0 Å². The van der Waals surface area contributed by atoms with Gasteiger partial charge >= 0.3 is 0 Å². The summed E-state index contributed by atoms with van der Waals surface area (Å²) in [5, 5.41) is 3.94. The minimum absolute atomic E-state index is 0.125. The van der Waals surface area contributed by atoms with E-state index < -0.39 is 0 Å². The van der Waals surface area contributed by atoms with Gasteiger partial charge in [0.05, 0.1) is 11.4 Å². The van der Waals surface area contributed by atoms with Gasteiger partial charge < -0.3 is 10.2 Å². The highest BCUT2D eigenvalue weighted by Crippen LogP contribution is 2.32. The maximum absolute atomic E-state index is 13.0. The van der Waals surface area contributed by atoms with E-state index in [0.29, 0.717) is 4.88 Å². The van der Waals surface area contributed by atoms with E-state index in [9.17, 15) is 4.79 Å². The fourth-order valence-electron chi connectivity index (χ4n) is 3.63. The first kappa shape index (κ1) is 18.6. The Hall–Kier alpha value is -2.73. The molecule has 28 heavy (non-hydrogen) atoms. The lowest BCUT2D eigenvalue weighted by Crippen LogP contribution is -2.22. The molecule has 1 amide bonds. The molecule has 4 rings (SSSR count). The molecule has 6 heteroatoms. The van der Waals surface area contributed by atoms with Gasteiger partial charge in [-0.25, -0.2) is 9.97 Å². The smallest absolute Gasteiger partial charge is 0.267 e. The second-order valence-corrected chi connectivity index (χ2v) is 8.27. The monoisotopic (exact) mass is 392 g/mol. The van der Waals surface area contributed by atoms with Crippen molar-refractivity contribution in [3.05, 3.63) is 58.2 Å². The number of nitrogens with one attached hydrogen (secondary N) is 1. The predicted molar refractivity (Wildman–Crippen MR) is 115 cm³/mol. The number of pyridine rings is 1. The van der Waals surface area contributed by atoms with Crippen LogP contribution in [0.1, 0.15) is 39.3 Å². The summed E-state index contributed by atoms with van der Waals surface area (Å²) in [7, 11) is 0. The second kappa shape index (κ2) is 7.72. The highest BCUT2D eigenvalue weighted by molar-refractivity contribution is 7.17. The number of thiazole rings is 1. The first-order valence-corrected chi connectivity index (χ1v) is 10.4. The van der Waals surface area contributed by atoms with E-state index in [2.05, 4.69) is 52.2 Å². The molecule has 0 saturated carbocycles. The Morgan fingerprint density at radius 1 is 1.14 bits per heavy atom. The summed E-state index contributed by atoms with van der Waals surface area (Å²) in [5.41, 5.74) is 4.99. The van der Waals surface area contributed by atoms with Crippen LogP contribution < -0.4 is 10.2 Å². The SMILES string of the molecule is Cc1ccc(-c2nc(C)c(C(=O)Nc3cccnc3N3CCCC3)s2)c(C)c1. The van der Waals surface area contributed by atoms with Gasteiger partial charge in [-0.15, -0.1) is 11.3 Å². The largest absolute Gasteiger partial charge is 0.355 e. The lowest BCUT2D eigenvalue weighted by molar-refractivity contribution is 0.103. The van der Waals surface area contributed by atoms with Crippen LogP contribution >= 0.6 is 11.3 Å². The van der Waals surface area contributed by atoms with Crippen LogP contribution in [0.2, 0.25) is 0 Å². The zero-order chi connectivity index (χ0) is 19.7. The third kappa shape index (κ3) is 3.64. The van der Waals surface area contributed by atoms with Gasteiger partial charge in [-0.05, 0) is 51.3 Å². The Labute approximate surface area is 169 Å². The molecule has 1 N–H and O–H groups in total. The van der Waals surface area contributed by atoms with Gasteiger partial charge in [-0.3, -0.25) is 4.79 Å². The third-order valence-corrected chi connectivity index (χ3v) is 6.25. The number of aryl methyl sites for hydroxylation is 3. The molecule has 2 aromatic heterocycles. The quantitative estimate of drug-likeness (QED) is 0.680. The number of carbonyl (C=O) groups excluding carboxylic acids is 1. The predicted octanol–water partition coefficient (Wildman–Crippen LogP) is 4.98. The van der Waals surface area contributed by atoms with Gasteiger partial charge in [0.2, 0.25) is 0 Å². The molecular weight excluding hydrogens is 368 g/mol. The Morgan fingerprint density at radius 3 is 2.68 bits per heavy atom. The summed E-state index contributed by atoms with van der Waals surface area (Å²) in [4.78, 5) is 25.0. The Morgan fingerprint density at radius 2 is 1.93 bits per heavy atom. The van der Waals surface area contributed by atoms with Gasteiger partial charge in [-0.1, -0.05) is 23.8 Å². The molecule has 5 nitrogen and oxygen atoms in total. The molecule has 1 fully saturated rings. The van der Waals surface area contributed by atoms with Gasteiger partial charge in [0, 0.05) is 24.8 Å². The number of nitrogens with zero attached hydrogens (tertiary/aromatic N) is 3. The van der Waals surface area contributed by atoms with Crippen LogP contribution in [-0.4, -0.2) is 29.0 Å². The van der Waals surface area contributed by atoms with Crippen LogP contribution in [0.5, 0.6) is 0 Å². The molecule has 0 atom stereocenters. The molecule has 0 radical (unpaired) electrons. The molecule has 1 aliphatic rings. The first-order chi connectivity index (χ1) is 13.5. The van der Waals surface area contributed by atoms with Crippen molar-refractivity contribution in [1.82, 2.24) is 9.97 Å². The van der Waals surface area contributed by atoms with E-state index in [1.807, 2.05) is 19.1 Å². The topological polar surface area (TPSA) is 58.1 Å². The van der Waals surface area contributed by atoms with Crippen molar-refractivity contribution < 1.29 is 4.79 Å². The lowest BCUT2D eigenvalue weighted by atomic mass is 10.1. The van der Waals surface area contributed by atoms with Crippen LogP contribution in [0, 0.1) is 20.8 Å². The number of rotatable bonds is 4. The van der Waals surface area contributed by atoms with Crippen LogP contribution in [0.4, 0.5) is 11.5 Å². The number of benzene rings is 1. The molecule has 0 bridgehead atoms. The number of anilines is 2. The summed E-state index contributed by atoms with van der Waals surface area (Å²) < 4.78 is 0. The lowest BCUT2D eigenvalue weighted by Gasteiger charge is -2.19. The Kier molecular flexibility index (Phi) is 5.13. The van der Waals surface area contributed by atoms with Crippen molar-refractivity contribution >= 4 is 28.7 Å². The molecule has 3 aromatic rings. The summed E-state index contributed by atoms with van der Waals surface area (Å²) in [6, 6.07) is 10.1. The minimum Gasteiger partial charge on any atom is -0.355 e. The number of hydrogen-bond donors (Lipinski definition) is 1. The number of hydrogen-bond acceptors (Lipinski definition) is 5. The van der Waals surface area contributed by atoms with Crippen LogP contribution in [0.3, 0.4) is 0 Å². The second-order valence-electron chi connectivity index (χ2n) is 7.27. The third-order valence-electron chi connectivity index (χ3n) is 5.06. The summed E-state index contributed by atoms with van der Waals surface area (Å²) in [6.45, 7) is 8.01. The molecule has 1 aromatic carbocycles. The highest BCUT2D eigenvalue weighted by Gasteiger charge is 2.21. The zero-order valence-electron chi connectivity index (χ0n) is 16.5. The van der Waals surface area contributed by atoms with E-state index in [4.69, 9.17) is 0 Å². The molecule has 0 aliphatic carbocycles. The summed E-state index contributed by atoms with van der Waals surface area (Å²) in [6.07, 6.45) is 4.11. The maximum Gasteiger partial charge on any atom is 0.267 e. The number of carbonyl (C=O) groups is 1. The average Bonchev–Trinajstić information content (AvgIpc) is 3.32. The fourth-order valence-corrected chi connectivity index (χ4v) is 4.68. The molecule has 3 heterocycles. The van der Waals surface area contributed by atoms with E-state index in [-0.39, 0.29) is 5.91 Å². The Bertz CT molecular complexity index is 1020. The molecule has 1 saturated heterocycles. The summed E-state index contributed by atoms with van der Waals surface area (Å²) >= 11 is 1.44. The van der Waals surface area contributed by atoms with Crippen molar-refractivity contribution in [2.75, 3.05) is 23.3 Å². The summed E-state index contributed by atoms with van der Waals surface area (Å²) in [5.74, 6) is 0.726. The molecule has 144 valence electrons. The molecule has 0 unspecified atom stereocenters. The van der Waals surface area contributed by atoms with E-state index in [1.165, 1.54) is 22.5 Å². The standard InChI is InChI=1S/C22H24N4OS/c1-14-8-9-17(15(2)13-14)22-24-16(3)19(28-22)21(27)25-18-7-6-10-23-20(18)26-11-4-5-12-26/h6-10,13H,4-5,11-12H2,1-3H3,(H,25,27). The normalized spacial score (nSPS) is 13.8. The number of amides is 1. The van der Waals surface area contributed by atoms with Crippen molar-refractivity contribution in [2.24, 2.45) is 0 Å². The van der Waals surface area contributed by atoms with Gasteiger partial charge in [-0.2, -0.15) is 0 Å². The molecule has 1 aliphatic heterocycles. The Balaban J connectivity index is 1.61. The average molecular weight is 393 g/mol. The zero-order valence-corrected chi connectivity index (χ0v) is 17.3. The van der Waals surface area contributed by atoms with Crippen molar-refractivity contribution in [2.45, 2.75) is 33.6 Å². The highest BCUT2D eigenvalue weighted by atomic mass is 32.1. The maximum atomic E-state index is 13.0. The van der Waals surface area contributed by atoms with Crippen LogP contribution in [0.25, 0.3) is 10.6 Å². The van der Waals surface area contributed by atoms with Crippen molar-refractivity contribution in [3.8, 4) is 10.6 Å². The molecule has 0 spiro atoms. The van der Waals surface area contributed by atoms with Gasteiger partial charge in [0.25, 0.3) is 5.91 Å². The van der Waals surface area contributed by atoms with Gasteiger partial charge in [0.15, 0.2) is 5.82 Å². The van der Waals surface area contributed by atoms with E-state index in [0.717, 1.165) is 53.7 Å². The van der Waals surface area contributed by atoms with E-state index in [1.54, 1.807) is 6.20 Å². The van der Waals surface area contributed by atoms with E-state index >= 15 is 0 Å². The van der Waals surface area contributed by atoms with Crippen molar-refractivity contribution in [3.63, 3.8) is 0 Å². The fraction of sp³-hybridized carbons (Fsp3) is 0.318. The van der Waals surface area contributed by atoms with Crippen LogP contribution in [0.15, 0.2) is 36.5 Å².